The van der Waals surface area contributed by atoms with Gasteiger partial charge in [0.25, 0.3) is 0 Å². The molecule has 0 spiro atoms. The van der Waals surface area contributed by atoms with Crippen molar-refractivity contribution in [3.63, 3.8) is 0 Å². The van der Waals surface area contributed by atoms with Gasteiger partial charge in [-0.1, -0.05) is 24.3 Å². The average Bonchev–Trinajstić information content (AvgIpc) is 3.30. The molecule has 0 bridgehead atoms. The first kappa shape index (κ1) is 23.0. The van der Waals surface area contributed by atoms with Crippen molar-refractivity contribution >= 4 is 10.0 Å². The van der Waals surface area contributed by atoms with Gasteiger partial charge in [-0.15, -0.1) is 0 Å². The first-order valence-electron chi connectivity index (χ1n) is 10.0. The van der Waals surface area contributed by atoms with E-state index in [0.717, 1.165) is 16.9 Å². The van der Waals surface area contributed by atoms with Crippen LogP contribution >= 0.6 is 0 Å². The lowest BCUT2D eigenvalue weighted by Gasteiger charge is -2.10. The molecule has 1 aromatic heterocycles. The summed E-state index contributed by atoms with van der Waals surface area (Å²) in [5, 5.41) is 0. The minimum atomic E-state index is -3.64. The highest BCUT2D eigenvalue weighted by Crippen LogP contribution is 2.17. The zero-order valence-corrected chi connectivity index (χ0v) is 18.3. The number of hydrogen-bond donors (Lipinski definition) is 1. The van der Waals surface area contributed by atoms with E-state index in [1.807, 2.05) is 43.3 Å². The van der Waals surface area contributed by atoms with Gasteiger partial charge in [-0.2, -0.15) is 0 Å². The quantitative estimate of drug-likeness (QED) is 0.402. The van der Waals surface area contributed by atoms with Crippen LogP contribution < -0.4 is 9.46 Å². The van der Waals surface area contributed by atoms with Gasteiger partial charge >= 0.3 is 0 Å². The Morgan fingerprint density at radius 2 is 1.71 bits per heavy atom. The van der Waals surface area contributed by atoms with Gasteiger partial charge in [-0.3, -0.25) is 0 Å². The topological polar surface area (TPSA) is 87.0 Å². The van der Waals surface area contributed by atoms with Crippen molar-refractivity contribution in [1.82, 2.24) is 4.72 Å². The SMILES string of the molecule is CCOCCOc1ccc(S(=O)(=O)NCc2cccc(COCc3ccco3)c2)cc1. The van der Waals surface area contributed by atoms with Gasteiger partial charge in [0.1, 0.15) is 24.7 Å². The zero-order valence-electron chi connectivity index (χ0n) is 17.5. The van der Waals surface area contributed by atoms with E-state index in [1.165, 1.54) is 12.1 Å². The number of nitrogens with one attached hydrogen (secondary N) is 1. The molecule has 0 radical (unpaired) electrons. The zero-order chi connectivity index (χ0) is 21.9. The Morgan fingerprint density at radius 1 is 0.903 bits per heavy atom. The fourth-order valence-electron chi connectivity index (χ4n) is 2.83. The van der Waals surface area contributed by atoms with Crippen molar-refractivity contribution in [3.8, 4) is 5.75 Å². The molecule has 2 aromatic carbocycles. The summed E-state index contributed by atoms with van der Waals surface area (Å²) in [7, 11) is -3.64. The van der Waals surface area contributed by atoms with Crippen molar-refractivity contribution in [2.45, 2.75) is 31.6 Å². The number of benzene rings is 2. The van der Waals surface area contributed by atoms with E-state index in [4.69, 9.17) is 18.6 Å². The monoisotopic (exact) mass is 445 g/mol. The maximum Gasteiger partial charge on any atom is 0.240 e. The molecule has 1 N–H and O–H groups in total. The summed E-state index contributed by atoms with van der Waals surface area (Å²) < 4.78 is 49.4. The first-order chi connectivity index (χ1) is 15.1. The Bertz CT molecular complexity index is 1020. The van der Waals surface area contributed by atoms with E-state index in [-0.39, 0.29) is 11.4 Å². The highest BCUT2D eigenvalue weighted by atomic mass is 32.2. The van der Waals surface area contributed by atoms with Gasteiger partial charge in [0, 0.05) is 13.2 Å². The maximum absolute atomic E-state index is 12.6. The summed E-state index contributed by atoms with van der Waals surface area (Å²) in [6.45, 7) is 4.43. The molecule has 3 rings (SSSR count). The van der Waals surface area contributed by atoms with Crippen LogP contribution in [0.25, 0.3) is 0 Å². The van der Waals surface area contributed by atoms with Gasteiger partial charge in [0.2, 0.25) is 10.0 Å². The number of sulfonamides is 1. The molecule has 3 aromatic rings. The molecule has 0 saturated carbocycles. The molecule has 7 nitrogen and oxygen atoms in total. The molecule has 0 saturated heterocycles. The highest BCUT2D eigenvalue weighted by molar-refractivity contribution is 7.89. The second-order valence-electron chi connectivity index (χ2n) is 6.73. The van der Waals surface area contributed by atoms with Crippen LogP contribution in [-0.2, 0) is 39.3 Å². The smallest absolute Gasteiger partial charge is 0.240 e. The third kappa shape index (κ3) is 7.52. The molecule has 0 aliphatic carbocycles. The minimum absolute atomic E-state index is 0.182. The molecule has 0 aliphatic rings. The number of rotatable bonds is 13. The normalized spacial score (nSPS) is 11.5. The van der Waals surface area contributed by atoms with Crippen molar-refractivity contribution in [1.29, 1.82) is 0 Å². The van der Waals surface area contributed by atoms with Gasteiger partial charge in [-0.05, 0) is 54.4 Å². The van der Waals surface area contributed by atoms with Crippen LogP contribution in [0.15, 0.2) is 76.2 Å². The van der Waals surface area contributed by atoms with Crippen LogP contribution in [-0.4, -0.2) is 28.2 Å². The number of furan rings is 1. The summed E-state index contributed by atoms with van der Waals surface area (Å²) in [6, 6.07) is 17.6. The Hall–Kier alpha value is -2.65. The third-order valence-corrected chi connectivity index (χ3v) is 5.80. The molecule has 0 amide bonds. The molecule has 1 heterocycles. The third-order valence-electron chi connectivity index (χ3n) is 4.39. The molecule has 31 heavy (non-hydrogen) atoms. The second kappa shape index (κ2) is 11.7. The van der Waals surface area contributed by atoms with Crippen molar-refractivity contribution in [3.05, 3.63) is 83.8 Å². The summed E-state index contributed by atoms with van der Waals surface area (Å²) in [5.74, 6) is 1.36. The fourth-order valence-corrected chi connectivity index (χ4v) is 3.85. The minimum Gasteiger partial charge on any atom is -0.491 e. The Kier molecular flexibility index (Phi) is 8.66. The van der Waals surface area contributed by atoms with Crippen LogP contribution in [0, 0.1) is 0 Å². The summed E-state index contributed by atoms with van der Waals surface area (Å²) in [6.07, 6.45) is 1.61. The molecule has 0 aliphatic heterocycles. The van der Waals surface area contributed by atoms with Crippen LogP contribution in [0.4, 0.5) is 0 Å². The van der Waals surface area contributed by atoms with Crippen molar-refractivity contribution in [2.24, 2.45) is 0 Å². The summed E-state index contributed by atoms with van der Waals surface area (Å²) in [5.41, 5.74) is 1.80. The second-order valence-corrected chi connectivity index (χ2v) is 8.50. The van der Waals surface area contributed by atoms with Crippen LogP contribution in [0.5, 0.6) is 5.75 Å². The van der Waals surface area contributed by atoms with E-state index in [1.54, 1.807) is 18.4 Å². The van der Waals surface area contributed by atoms with Gasteiger partial charge in [-0.25, -0.2) is 13.1 Å². The Labute approximate surface area is 183 Å². The summed E-state index contributed by atoms with van der Waals surface area (Å²) in [4.78, 5) is 0.183. The van der Waals surface area contributed by atoms with Gasteiger partial charge in [0.15, 0.2) is 0 Å². The van der Waals surface area contributed by atoms with E-state index in [2.05, 4.69) is 4.72 Å². The Morgan fingerprint density at radius 3 is 2.45 bits per heavy atom. The molecule has 0 unspecified atom stereocenters. The van der Waals surface area contributed by atoms with Crippen LogP contribution in [0.1, 0.15) is 23.8 Å². The number of ether oxygens (including phenoxy) is 3. The molecule has 8 heteroatoms. The molecule has 0 atom stereocenters. The molecule has 0 fully saturated rings. The standard InChI is InChI=1S/C23H27NO6S/c1-2-27-13-14-30-21-8-10-23(11-9-21)31(25,26)24-16-19-5-3-6-20(15-19)17-28-18-22-7-4-12-29-22/h3-12,15,24H,2,13-14,16-18H2,1H3. The van der Waals surface area contributed by atoms with Crippen molar-refractivity contribution in [2.75, 3.05) is 19.8 Å². The largest absolute Gasteiger partial charge is 0.491 e. The van der Waals surface area contributed by atoms with Crippen LogP contribution in [0.2, 0.25) is 0 Å². The lowest BCUT2D eigenvalue weighted by Crippen LogP contribution is -2.23. The molecular weight excluding hydrogens is 418 g/mol. The van der Waals surface area contributed by atoms with E-state index in [9.17, 15) is 8.42 Å². The highest BCUT2D eigenvalue weighted by Gasteiger charge is 2.14. The summed E-state index contributed by atoms with van der Waals surface area (Å²) >= 11 is 0. The average molecular weight is 446 g/mol. The van der Waals surface area contributed by atoms with E-state index >= 15 is 0 Å². The van der Waals surface area contributed by atoms with Gasteiger partial charge < -0.3 is 18.6 Å². The molecular formula is C23H27NO6S. The van der Waals surface area contributed by atoms with E-state index < -0.39 is 10.0 Å². The van der Waals surface area contributed by atoms with Gasteiger partial charge in [0.05, 0.1) is 24.4 Å². The molecule has 166 valence electrons. The number of hydrogen-bond acceptors (Lipinski definition) is 6. The fraction of sp³-hybridized carbons (Fsp3) is 0.304. The lowest BCUT2D eigenvalue weighted by atomic mass is 10.1. The Balaban J connectivity index is 1.50. The lowest BCUT2D eigenvalue weighted by molar-refractivity contribution is 0.0929. The van der Waals surface area contributed by atoms with Crippen molar-refractivity contribution < 1.29 is 27.0 Å². The maximum atomic E-state index is 12.6. The first-order valence-corrected chi connectivity index (χ1v) is 11.5. The van der Waals surface area contributed by atoms with E-state index in [0.29, 0.717) is 38.8 Å². The predicted molar refractivity (Wildman–Crippen MR) is 116 cm³/mol. The van der Waals surface area contributed by atoms with Crippen LogP contribution in [0.3, 0.4) is 0 Å². The predicted octanol–water partition coefficient (Wildman–Crippen LogP) is 3.89.